The van der Waals surface area contributed by atoms with Crippen LogP contribution in [0, 0.1) is 0 Å². The third-order valence-electron chi connectivity index (χ3n) is 4.24. The van der Waals surface area contributed by atoms with Crippen LogP contribution in [0.1, 0.15) is 26.3 Å². The molecule has 3 aromatic carbocycles. The van der Waals surface area contributed by atoms with Crippen LogP contribution < -0.4 is 4.72 Å². The zero-order valence-corrected chi connectivity index (χ0v) is 16.3. The van der Waals surface area contributed by atoms with Crippen molar-refractivity contribution in [3.05, 3.63) is 65.2 Å². The molecule has 0 spiro atoms. The van der Waals surface area contributed by atoms with Crippen molar-refractivity contribution >= 4 is 38.1 Å². The summed E-state index contributed by atoms with van der Waals surface area (Å²) in [6.07, 6.45) is 0. The number of hydrogen-bond acceptors (Lipinski definition) is 3. The van der Waals surface area contributed by atoms with E-state index < -0.39 is 10.0 Å². The first-order chi connectivity index (χ1) is 12.1. The molecule has 0 heterocycles. The predicted octanol–water partition coefficient (Wildman–Crippen LogP) is 5.30. The van der Waals surface area contributed by atoms with Crippen molar-refractivity contribution in [3.8, 4) is 5.75 Å². The minimum atomic E-state index is -3.79. The Hall–Kier alpha value is -2.24. The van der Waals surface area contributed by atoms with Gasteiger partial charge in [0.05, 0.1) is 15.6 Å². The van der Waals surface area contributed by atoms with Crippen LogP contribution in [0.15, 0.2) is 59.5 Å². The molecule has 26 heavy (non-hydrogen) atoms. The fourth-order valence-corrected chi connectivity index (χ4v) is 4.03. The van der Waals surface area contributed by atoms with Crippen molar-refractivity contribution < 1.29 is 13.5 Å². The molecule has 0 fully saturated rings. The monoisotopic (exact) mass is 389 g/mol. The molecule has 0 unspecified atom stereocenters. The lowest BCUT2D eigenvalue weighted by Crippen LogP contribution is -2.15. The molecule has 0 aliphatic heterocycles. The topological polar surface area (TPSA) is 66.4 Å². The van der Waals surface area contributed by atoms with E-state index in [0.717, 1.165) is 5.56 Å². The average Bonchev–Trinajstić information content (AvgIpc) is 2.59. The highest BCUT2D eigenvalue weighted by Crippen LogP contribution is 2.38. The summed E-state index contributed by atoms with van der Waals surface area (Å²) in [7, 11) is -3.79. The van der Waals surface area contributed by atoms with Gasteiger partial charge in [-0.2, -0.15) is 0 Å². The number of phenolic OH excluding ortho intramolecular Hbond substituents is 1. The summed E-state index contributed by atoms with van der Waals surface area (Å²) in [5.74, 6) is -0.0697. The molecule has 3 aromatic rings. The van der Waals surface area contributed by atoms with Crippen molar-refractivity contribution in [1.29, 1.82) is 0 Å². The molecule has 3 rings (SSSR count). The van der Waals surface area contributed by atoms with Gasteiger partial charge < -0.3 is 5.11 Å². The molecule has 0 radical (unpaired) electrons. The van der Waals surface area contributed by atoms with Crippen LogP contribution in [0.3, 0.4) is 0 Å². The molecule has 2 N–H and O–H groups in total. The molecule has 0 saturated carbocycles. The third-order valence-corrected chi connectivity index (χ3v) is 5.91. The molecule has 136 valence electrons. The molecule has 0 atom stereocenters. The Kier molecular flexibility index (Phi) is 4.63. The van der Waals surface area contributed by atoms with Crippen LogP contribution in [0.5, 0.6) is 5.75 Å². The maximum absolute atomic E-state index is 12.8. The van der Waals surface area contributed by atoms with Crippen LogP contribution in [0.4, 0.5) is 5.69 Å². The number of hydrogen-bond donors (Lipinski definition) is 2. The third kappa shape index (κ3) is 3.50. The van der Waals surface area contributed by atoms with Gasteiger partial charge >= 0.3 is 0 Å². The Morgan fingerprint density at radius 1 is 0.962 bits per heavy atom. The van der Waals surface area contributed by atoms with Crippen LogP contribution in [-0.2, 0) is 15.4 Å². The lowest BCUT2D eigenvalue weighted by atomic mass is 9.87. The van der Waals surface area contributed by atoms with Crippen LogP contribution in [-0.4, -0.2) is 13.5 Å². The Bertz CT molecular complexity index is 1070. The summed E-state index contributed by atoms with van der Waals surface area (Å²) in [5, 5.41) is 11.2. The minimum absolute atomic E-state index is 0.0591. The van der Waals surface area contributed by atoms with E-state index in [1.807, 2.05) is 12.1 Å². The van der Waals surface area contributed by atoms with Crippen molar-refractivity contribution in [3.63, 3.8) is 0 Å². The number of nitrogens with one attached hydrogen (secondary N) is 1. The van der Waals surface area contributed by atoms with Gasteiger partial charge in [0.1, 0.15) is 5.75 Å². The average molecular weight is 390 g/mol. The number of halogens is 1. The number of sulfonamides is 1. The van der Waals surface area contributed by atoms with Gasteiger partial charge in [0.2, 0.25) is 0 Å². The number of rotatable bonds is 3. The fourth-order valence-electron chi connectivity index (χ4n) is 2.75. The van der Waals surface area contributed by atoms with Gasteiger partial charge in [0.25, 0.3) is 10.0 Å². The van der Waals surface area contributed by atoms with Crippen molar-refractivity contribution in [2.45, 2.75) is 31.1 Å². The Balaban J connectivity index is 2.03. The second-order valence-corrected chi connectivity index (χ2v) is 9.27. The summed E-state index contributed by atoms with van der Waals surface area (Å²) < 4.78 is 28.2. The number of benzene rings is 3. The molecule has 0 amide bonds. The van der Waals surface area contributed by atoms with E-state index >= 15 is 0 Å². The van der Waals surface area contributed by atoms with E-state index in [0.29, 0.717) is 16.5 Å². The van der Waals surface area contributed by atoms with Gasteiger partial charge in [-0.05, 0) is 29.2 Å². The second-order valence-electron chi connectivity index (χ2n) is 7.18. The van der Waals surface area contributed by atoms with Gasteiger partial charge in [-0.25, -0.2) is 8.42 Å². The summed E-state index contributed by atoms with van der Waals surface area (Å²) in [4.78, 5) is 0.166. The quantitative estimate of drug-likeness (QED) is 0.597. The molecule has 4 nitrogen and oxygen atoms in total. The largest absolute Gasteiger partial charge is 0.506 e. The zero-order chi connectivity index (χ0) is 19.1. The first kappa shape index (κ1) is 18.5. The van der Waals surface area contributed by atoms with E-state index in [-0.39, 0.29) is 21.1 Å². The number of fused-ring (bicyclic) bond motifs is 1. The van der Waals surface area contributed by atoms with Crippen LogP contribution in [0.25, 0.3) is 10.8 Å². The van der Waals surface area contributed by atoms with E-state index in [9.17, 15) is 13.5 Å². The van der Waals surface area contributed by atoms with E-state index in [4.69, 9.17) is 11.6 Å². The molecular formula is C20H20ClNO3S. The standard InChI is InChI=1S/C20H20ClNO3S/c1-20(2,3)13-8-10-14(11-9-13)26(24,25)22-18-12-17(21)19(23)16-7-5-4-6-15(16)18/h4-12,22-23H,1-3H3. The molecule has 0 saturated heterocycles. The molecule has 6 heteroatoms. The Morgan fingerprint density at radius 3 is 2.12 bits per heavy atom. The fraction of sp³-hybridized carbons (Fsp3) is 0.200. The highest BCUT2D eigenvalue weighted by atomic mass is 35.5. The molecular weight excluding hydrogens is 370 g/mol. The lowest BCUT2D eigenvalue weighted by Gasteiger charge is -2.19. The second kappa shape index (κ2) is 6.49. The highest BCUT2D eigenvalue weighted by Gasteiger charge is 2.19. The van der Waals surface area contributed by atoms with Gasteiger partial charge in [-0.3, -0.25) is 4.72 Å². The van der Waals surface area contributed by atoms with Crippen LogP contribution in [0.2, 0.25) is 5.02 Å². The van der Waals surface area contributed by atoms with E-state index in [2.05, 4.69) is 25.5 Å². The zero-order valence-electron chi connectivity index (χ0n) is 14.7. The van der Waals surface area contributed by atoms with Gasteiger partial charge in [-0.15, -0.1) is 0 Å². The van der Waals surface area contributed by atoms with Gasteiger partial charge in [0.15, 0.2) is 0 Å². The Morgan fingerprint density at radius 2 is 1.54 bits per heavy atom. The van der Waals surface area contributed by atoms with Crippen LogP contribution >= 0.6 is 11.6 Å². The van der Waals surface area contributed by atoms with Gasteiger partial charge in [-0.1, -0.05) is 68.8 Å². The summed E-state index contributed by atoms with van der Waals surface area (Å²) in [6, 6.07) is 15.2. The van der Waals surface area contributed by atoms with E-state index in [1.165, 1.54) is 6.07 Å². The maximum atomic E-state index is 12.8. The van der Waals surface area contributed by atoms with Crippen molar-refractivity contribution in [2.24, 2.45) is 0 Å². The molecule has 0 aromatic heterocycles. The summed E-state index contributed by atoms with van der Waals surface area (Å²) in [6.45, 7) is 6.21. The molecule has 0 aliphatic carbocycles. The number of anilines is 1. The predicted molar refractivity (Wildman–Crippen MR) is 107 cm³/mol. The first-order valence-electron chi connectivity index (χ1n) is 8.13. The summed E-state index contributed by atoms with van der Waals surface area (Å²) in [5.41, 5.74) is 1.31. The van der Waals surface area contributed by atoms with Crippen molar-refractivity contribution in [1.82, 2.24) is 0 Å². The smallest absolute Gasteiger partial charge is 0.261 e. The number of phenols is 1. The maximum Gasteiger partial charge on any atom is 0.261 e. The SMILES string of the molecule is CC(C)(C)c1ccc(S(=O)(=O)Nc2cc(Cl)c(O)c3ccccc23)cc1. The molecule has 0 aliphatic rings. The Labute approximate surface area is 158 Å². The highest BCUT2D eigenvalue weighted by molar-refractivity contribution is 7.92. The normalized spacial score (nSPS) is 12.3. The lowest BCUT2D eigenvalue weighted by molar-refractivity contribution is 0.482. The molecule has 0 bridgehead atoms. The summed E-state index contributed by atoms with van der Waals surface area (Å²) >= 11 is 6.05. The number of aromatic hydroxyl groups is 1. The minimum Gasteiger partial charge on any atom is -0.506 e. The van der Waals surface area contributed by atoms with E-state index in [1.54, 1.807) is 36.4 Å². The van der Waals surface area contributed by atoms with Crippen molar-refractivity contribution in [2.75, 3.05) is 4.72 Å². The first-order valence-corrected chi connectivity index (χ1v) is 9.99. The van der Waals surface area contributed by atoms with Gasteiger partial charge in [0, 0.05) is 10.8 Å².